The van der Waals surface area contributed by atoms with Crippen LogP contribution < -0.4 is 5.32 Å². The molecule has 0 fully saturated rings. The highest BCUT2D eigenvalue weighted by Gasteiger charge is 2.09. The average molecular weight is 308 g/mol. The average Bonchev–Trinajstić information content (AvgIpc) is 2.79. The van der Waals surface area contributed by atoms with E-state index in [9.17, 15) is 8.42 Å². The number of sulfone groups is 1. The molecule has 0 saturated heterocycles. The maximum atomic E-state index is 11.4. The van der Waals surface area contributed by atoms with E-state index in [0.29, 0.717) is 6.54 Å². The van der Waals surface area contributed by atoms with Gasteiger partial charge in [-0.15, -0.1) is 0 Å². The number of hydrogen-bond donors (Lipinski definition) is 1. The third kappa shape index (κ3) is 4.58. The van der Waals surface area contributed by atoms with Crippen molar-refractivity contribution >= 4 is 20.7 Å². The third-order valence-electron chi connectivity index (χ3n) is 3.57. The molecular weight excluding hydrogens is 284 g/mol. The molecule has 1 heterocycles. The lowest BCUT2D eigenvalue weighted by molar-refractivity contribution is 0.595. The zero-order valence-electron chi connectivity index (χ0n) is 12.8. The Labute approximate surface area is 127 Å². The Morgan fingerprint density at radius 1 is 1.19 bits per heavy atom. The Morgan fingerprint density at radius 2 is 1.95 bits per heavy atom. The van der Waals surface area contributed by atoms with Crippen molar-refractivity contribution < 1.29 is 8.42 Å². The molecule has 0 aliphatic carbocycles. The number of aromatic nitrogens is 1. The first kappa shape index (κ1) is 16.0. The monoisotopic (exact) mass is 308 g/mol. The number of hydrogen-bond acceptors (Lipinski definition) is 3. The molecule has 0 saturated carbocycles. The van der Waals surface area contributed by atoms with Crippen molar-refractivity contribution in [2.75, 3.05) is 25.1 Å². The van der Waals surface area contributed by atoms with Crippen LogP contribution in [-0.4, -0.2) is 38.1 Å². The van der Waals surface area contributed by atoms with Crippen molar-refractivity contribution in [3.8, 4) is 0 Å². The standard InChI is InChI=1S/C16H24N2O2S/c1-3-9-17-10-8-14-13-18(11-12-21(2,19)20)16-7-5-4-6-15(14)16/h4-7,13,17H,3,8-12H2,1-2H3. The maximum absolute atomic E-state index is 11.4. The van der Waals surface area contributed by atoms with Crippen molar-refractivity contribution in [1.82, 2.24) is 9.88 Å². The minimum atomic E-state index is -2.94. The van der Waals surface area contributed by atoms with Crippen LogP contribution in [0.25, 0.3) is 10.9 Å². The molecule has 116 valence electrons. The fraction of sp³-hybridized carbons (Fsp3) is 0.500. The number of nitrogens with one attached hydrogen (secondary N) is 1. The van der Waals surface area contributed by atoms with Gasteiger partial charge >= 0.3 is 0 Å². The topological polar surface area (TPSA) is 51.1 Å². The lowest BCUT2D eigenvalue weighted by Gasteiger charge is -2.03. The second-order valence-corrected chi connectivity index (χ2v) is 7.75. The Morgan fingerprint density at radius 3 is 2.67 bits per heavy atom. The zero-order valence-corrected chi connectivity index (χ0v) is 13.6. The second-order valence-electron chi connectivity index (χ2n) is 5.49. The van der Waals surface area contributed by atoms with Gasteiger partial charge in [-0.25, -0.2) is 8.42 Å². The van der Waals surface area contributed by atoms with Gasteiger partial charge in [-0.3, -0.25) is 0 Å². The molecule has 0 amide bonds. The Hall–Kier alpha value is -1.33. The molecular formula is C16H24N2O2S. The number of aryl methyl sites for hydroxylation is 1. The summed E-state index contributed by atoms with van der Waals surface area (Å²) in [5.41, 5.74) is 2.40. The van der Waals surface area contributed by atoms with E-state index in [1.807, 2.05) is 12.1 Å². The summed E-state index contributed by atoms with van der Waals surface area (Å²) in [4.78, 5) is 0. The number of para-hydroxylation sites is 1. The number of benzene rings is 1. The van der Waals surface area contributed by atoms with Crippen LogP contribution >= 0.6 is 0 Å². The van der Waals surface area contributed by atoms with Gasteiger partial charge in [-0.05, 0) is 37.6 Å². The lowest BCUT2D eigenvalue weighted by atomic mass is 10.1. The van der Waals surface area contributed by atoms with Crippen LogP contribution in [-0.2, 0) is 22.8 Å². The van der Waals surface area contributed by atoms with Crippen molar-refractivity contribution in [1.29, 1.82) is 0 Å². The predicted octanol–water partition coefficient (Wildman–Crippen LogP) is 2.23. The minimum Gasteiger partial charge on any atom is -0.346 e. The van der Waals surface area contributed by atoms with E-state index < -0.39 is 9.84 Å². The lowest BCUT2D eigenvalue weighted by Crippen LogP contribution is -2.17. The van der Waals surface area contributed by atoms with Crippen LogP contribution in [0.1, 0.15) is 18.9 Å². The SMILES string of the molecule is CCCNCCc1cn(CCS(C)(=O)=O)c2ccccc12. The van der Waals surface area contributed by atoms with Crippen LogP contribution in [0.5, 0.6) is 0 Å². The molecule has 0 unspecified atom stereocenters. The van der Waals surface area contributed by atoms with Crippen molar-refractivity contribution in [3.05, 3.63) is 36.0 Å². The van der Waals surface area contributed by atoms with E-state index in [2.05, 4.69) is 35.1 Å². The molecule has 0 radical (unpaired) electrons. The van der Waals surface area contributed by atoms with E-state index in [0.717, 1.165) is 31.4 Å². The Balaban J connectivity index is 2.18. The van der Waals surface area contributed by atoms with E-state index in [1.54, 1.807) is 0 Å². The highest BCUT2D eigenvalue weighted by molar-refractivity contribution is 7.90. The summed E-state index contributed by atoms with van der Waals surface area (Å²) >= 11 is 0. The molecule has 1 N–H and O–H groups in total. The van der Waals surface area contributed by atoms with Crippen LogP contribution in [0.4, 0.5) is 0 Å². The fourth-order valence-electron chi connectivity index (χ4n) is 2.50. The van der Waals surface area contributed by atoms with E-state index in [4.69, 9.17) is 0 Å². The number of nitrogens with zero attached hydrogens (tertiary/aromatic N) is 1. The van der Waals surface area contributed by atoms with Gasteiger partial charge < -0.3 is 9.88 Å². The molecule has 0 aliphatic heterocycles. The quantitative estimate of drug-likeness (QED) is 0.761. The maximum Gasteiger partial charge on any atom is 0.149 e. The number of rotatable bonds is 8. The van der Waals surface area contributed by atoms with E-state index in [1.165, 1.54) is 17.2 Å². The summed E-state index contributed by atoms with van der Waals surface area (Å²) in [5, 5.41) is 4.63. The van der Waals surface area contributed by atoms with Gasteiger partial charge in [-0.2, -0.15) is 0 Å². The van der Waals surface area contributed by atoms with Gasteiger partial charge in [-0.1, -0.05) is 25.1 Å². The Kier molecular flexibility index (Phi) is 5.42. The summed E-state index contributed by atoms with van der Waals surface area (Å²) in [5.74, 6) is 0.180. The smallest absolute Gasteiger partial charge is 0.149 e. The molecule has 0 aliphatic rings. The largest absolute Gasteiger partial charge is 0.346 e. The highest BCUT2D eigenvalue weighted by atomic mass is 32.2. The molecule has 21 heavy (non-hydrogen) atoms. The van der Waals surface area contributed by atoms with E-state index in [-0.39, 0.29) is 5.75 Å². The minimum absolute atomic E-state index is 0.180. The summed E-state index contributed by atoms with van der Waals surface area (Å²) in [7, 11) is -2.94. The van der Waals surface area contributed by atoms with Gasteiger partial charge in [0.25, 0.3) is 0 Å². The molecule has 0 atom stereocenters. The predicted molar refractivity (Wildman–Crippen MR) is 88.5 cm³/mol. The summed E-state index contributed by atoms with van der Waals surface area (Å²) in [6.45, 7) is 4.66. The molecule has 1 aromatic heterocycles. The first-order chi connectivity index (χ1) is 10.0. The summed E-state index contributed by atoms with van der Waals surface area (Å²) in [6.07, 6.45) is 5.49. The molecule has 5 heteroatoms. The molecule has 0 spiro atoms. The van der Waals surface area contributed by atoms with Gasteiger partial charge in [0.05, 0.1) is 5.75 Å². The van der Waals surface area contributed by atoms with Gasteiger partial charge in [0.15, 0.2) is 0 Å². The number of fused-ring (bicyclic) bond motifs is 1. The van der Waals surface area contributed by atoms with Gasteiger partial charge in [0.2, 0.25) is 0 Å². The van der Waals surface area contributed by atoms with Gasteiger partial charge in [0, 0.05) is 29.9 Å². The van der Waals surface area contributed by atoms with Crippen LogP contribution in [0.3, 0.4) is 0 Å². The third-order valence-corrected chi connectivity index (χ3v) is 4.50. The molecule has 2 aromatic rings. The molecule has 0 bridgehead atoms. The zero-order chi connectivity index (χ0) is 15.3. The molecule has 2 rings (SSSR count). The molecule has 1 aromatic carbocycles. The van der Waals surface area contributed by atoms with Crippen molar-refractivity contribution in [2.24, 2.45) is 0 Å². The normalized spacial score (nSPS) is 12.1. The molecule has 4 nitrogen and oxygen atoms in total. The van der Waals surface area contributed by atoms with Gasteiger partial charge in [0.1, 0.15) is 9.84 Å². The van der Waals surface area contributed by atoms with Crippen molar-refractivity contribution in [2.45, 2.75) is 26.3 Å². The van der Waals surface area contributed by atoms with Crippen LogP contribution in [0.2, 0.25) is 0 Å². The fourth-order valence-corrected chi connectivity index (χ4v) is 3.02. The summed E-state index contributed by atoms with van der Waals surface area (Å²) in [6, 6.07) is 8.20. The van der Waals surface area contributed by atoms with E-state index >= 15 is 0 Å². The highest BCUT2D eigenvalue weighted by Crippen LogP contribution is 2.21. The van der Waals surface area contributed by atoms with Crippen LogP contribution in [0, 0.1) is 0 Å². The van der Waals surface area contributed by atoms with Crippen LogP contribution in [0.15, 0.2) is 30.5 Å². The first-order valence-electron chi connectivity index (χ1n) is 7.46. The second kappa shape index (κ2) is 7.09. The first-order valence-corrected chi connectivity index (χ1v) is 9.52. The Bertz CT molecular complexity index is 689. The summed E-state index contributed by atoms with van der Waals surface area (Å²) < 4.78 is 24.8. The van der Waals surface area contributed by atoms with Crippen molar-refractivity contribution in [3.63, 3.8) is 0 Å².